The molecular formula is C14H21NO. The van der Waals surface area contributed by atoms with Gasteiger partial charge in [-0.15, -0.1) is 0 Å². The van der Waals surface area contributed by atoms with Crippen LogP contribution in [0, 0.1) is 0 Å². The Morgan fingerprint density at radius 2 is 1.94 bits per heavy atom. The summed E-state index contributed by atoms with van der Waals surface area (Å²) in [7, 11) is 1.96. The molecule has 0 aliphatic heterocycles. The van der Waals surface area contributed by atoms with Crippen molar-refractivity contribution in [2.24, 2.45) is 0 Å². The molecule has 2 heteroatoms. The Balaban J connectivity index is 2.41. The molecule has 1 fully saturated rings. The van der Waals surface area contributed by atoms with Gasteiger partial charge in [-0.3, -0.25) is 0 Å². The van der Waals surface area contributed by atoms with E-state index in [-0.39, 0.29) is 5.41 Å². The van der Waals surface area contributed by atoms with Gasteiger partial charge in [-0.05, 0) is 30.4 Å². The Morgan fingerprint density at radius 1 is 1.25 bits per heavy atom. The van der Waals surface area contributed by atoms with Crippen molar-refractivity contribution in [2.75, 3.05) is 12.4 Å². The lowest BCUT2D eigenvalue weighted by molar-refractivity contribution is 0.295. The van der Waals surface area contributed by atoms with Crippen molar-refractivity contribution < 1.29 is 4.74 Å². The number of rotatable bonds is 3. The van der Waals surface area contributed by atoms with E-state index in [4.69, 9.17) is 4.74 Å². The number of hydrogen-bond donors (Lipinski definition) is 1. The van der Waals surface area contributed by atoms with Crippen LogP contribution in [0.5, 0.6) is 5.75 Å². The molecule has 0 bridgehead atoms. The van der Waals surface area contributed by atoms with Crippen molar-refractivity contribution in [3.05, 3.63) is 23.8 Å². The highest BCUT2D eigenvalue weighted by molar-refractivity contribution is 5.60. The van der Waals surface area contributed by atoms with E-state index in [0.717, 1.165) is 5.75 Å². The highest BCUT2D eigenvalue weighted by Gasteiger charge is 2.28. The summed E-state index contributed by atoms with van der Waals surface area (Å²) in [5.74, 6) is 1.04. The fraction of sp³-hybridized carbons (Fsp3) is 0.571. The molecule has 0 aromatic heterocycles. The third-order valence-corrected chi connectivity index (χ3v) is 2.86. The minimum absolute atomic E-state index is 0.101. The van der Waals surface area contributed by atoms with Crippen molar-refractivity contribution in [1.82, 2.24) is 0 Å². The van der Waals surface area contributed by atoms with Crippen molar-refractivity contribution in [3.8, 4) is 5.75 Å². The third-order valence-electron chi connectivity index (χ3n) is 2.86. The zero-order chi connectivity index (χ0) is 11.8. The van der Waals surface area contributed by atoms with Crippen LogP contribution < -0.4 is 10.1 Å². The molecule has 2 rings (SSSR count). The van der Waals surface area contributed by atoms with E-state index in [0.29, 0.717) is 6.10 Å². The molecule has 1 aliphatic rings. The Morgan fingerprint density at radius 3 is 2.44 bits per heavy atom. The van der Waals surface area contributed by atoms with Gasteiger partial charge < -0.3 is 10.1 Å². The maximum absolute atomic E-state index is 5.99. The second-order valence-electron chi connectivity index (χ2n) is 5.50. The van der Waals surface area contributed by atoms with Crippen LogP contribution in [0.2, 0.25) is 0 Å². The standard InChI is InChI=1S/C14H21NO/c1-14(2,3)13-11(15-4)6-5-7-12(13)16-10-8-9-10/h5-7,10,15H,8-9H2,1-4H3. The van der Waals surface area contributed by atoms with Crippen LogP contribution in [0.25, 0.3) is 0 Å². The topological polar surface area (TPSA) is 21.3 Å². The van der Waals surface area contributed by atoms with Crippen LogP contribution in [0.4, 0.5) is 5.69 Å². The van der Waals surface area contributed by atoms with Crippen molar-refractivity contribution in [3.63, 3.8) is 0 Å². The lowest BCUT2D eigenvalue weighted by Gasteiger charge is -2.26. The summed E-state index contributed by atoms with van der Waals surface area (Å²) in [6, 6.07) is 6.25. The van der Waals surface area contributed by atoms with Gasteiger partial charge in [-0.2, -0.15) is 0 Å². The van der Waals surface area contributed by atoms with Gasteiger partial charge in [-0.25, -0.2) is 0 Å². The first-order valence-corrected chi connectivity index (χ1v) is 6.00. The van der Waals surface area contributed by atoms with Crippen molar-refractivity contribution in [1.29, 1.82) is 0 Å². The molecule has 0 saturated heterocycles. The summed E-state index contributed by atoms with van der Waals surface area (Å²) in [5, 5.41) is 3.26. The van der Waals surface area contributed by atoms with Gasteiger partial charge in [0.25, 0.3) is 0 Å². The molecule has 0 heterocycles. The number of ether oxygens (including phenoxy) is 1. The van der Waals surface area contributed by atoms with Gasteiger partial charge in [0.1, 0.15) is 5.75 Å². The maximum Gasteiger partial charge on any atom is 0.125 e. The van der Waals surface area contributed by atoms with Gasteiger partial charge in [0, 0.05) is 18.3 Å². The fourth-order valence-electron chi connectivity index (χ4n) is 1.98. The quantitative estimate of drug-likeness (QED) is 0.839. The normalized spacial score (nSPS) is 16.0. The van der Waals surface area contributed by atoms with Gasteiger partial charge in [-0.1, -0.05) is 26.8 Å². The first-order chi connectivity index (χ1) is 7.52. The van der Waals surface area contributed by atoms with Crippen LogP contribution in [0.1, 0.15) is 39.2 Å². The van der Waals surface area contributed by atoms with Crippen molar-refractivity contribution >= 4 is 5.69 Å². The van der Waals surface area contributed by atoms with Crippen LogP contribution >= 0.6 is 0 Å². The van der Waals surface area contributed by atoms with E-state index >= 15 is 0 Å². The lowest BCUT2D eigenvalue weighted by Crippen LogP contribution is -2.16. The second-order valence-corrected chi connectivity index (χ2v) is 5.50. The van der Waals surface area contributed by atoms with E-state index in [1.807, 2.05) is 7.05 Å². The maximum atomic E-state index is 5.99. The molecule has 1 saturated carbocycles. The fourth-order valence-corrected chi connectivity index (χ4v) is 1.98. The van der Waals surface area contributed by atoms with Gasteiger partial charge in [0.05, 0.1) is 6.10 Å². The molecule has 1 aliphatic carbocycles. The average Bonchev–Trinajstić information content (AvgIpc) is 2.99. The molecule has 1 aromatic rings. The smallest absolute Gasteiger partial charge is 0.125 e. The molecule has 0 amide bonds. The Bertz CT molecular complexity index is 375. The van der Waals surface area contributed by atoms with Crippen LogP contribution in [-0.4, -0.2) is 13.2 Å². The van der Waals surface area contributed by atoms with E-state index in [1.165, 1.54) is 24.1 Å². The van der Waals surface area contributed by atoms with E-state index in [9.17, 15) is 0 Å². The molecule has 88 valence electrons. The summed E-state index contributed by atoms with van der Waals surface area (Å²) in [4.78, 5) is 0. The summed E-state index contributed by atoms with van der Waals surface area (Å²) in [5.41, 5.74) is 2.55. The summed E-state index contributed by atoms with van der Waals surface area (Å²) in [6.45, 7) is 6.68. The van der Waals surface area contributed by atoms with E-state index in [1.54, 1.807) is 0 Å². The van der Waals surface area contributed by atoms with Gasteiger partial charge >= 0.3 is 0 Å². The number of nitrogens with one attached hydrogen (secondary N) is 1. The molecule has 0 spiro atoms. The monoisotopic (exact) mass is 219 g/mol. The minimum atomic E-state index is 0.101. The first kappa shape index (κ1) is 11.3. The number of benzene rings is 1. The molecule has 16 heavy (non-hydrogen) atoms. The predicted molar refractivity (Wildman–Crippen MR) is 68.3 cm³/mol. The summed E-state index contributed by atoms with van der Waals surface area (Å²) < 4.78 is 5.99. The van der Waals surface area contributed by atoms with E-state index in [2.05, 4.69) is 44.3 Å². The Hall–Kier alpha value is -1.18. The summed E-state index contributed by atoms with van der Waals surface area (Å²) >= 11 is 0. The van der Waals surface area contributed by atoms with Crippen LogP contribution in [0.3, 0.4) is 0 Å². The molecule has 0 atom stereocenters. The predicted octanol–water partition coefficient (Wildman–Crippen LogP) is 3.57. The van der Waals surface area contributed by atoms with Crippen LogP contribution in [0.15, 0.2) is 18.2 Å². The van der Waals surface area contributed by atoms with Gasteiger partial charge in [0.15, 0.2) is 0 Å². The lowest BCUT2D eigenvalue weighted by atomic mass is 9.85. The second kappa shape index (κ2) is 4.00. The Kier molecular flexibility index (Phi) is 2.83. The van der Waals surface area contributed by atoms with E-state index < -0.39 is 0 Å². The highest BCUT2D eigenvalue weighted by atomic mass is 16.5. The first-order valence-electron chi connectivity index (χ1n) is 6.00. The zero-order valence-electron chi connectivity index (χ0n) is 10.6. The molecule has 0 radical (unpaired) electrons. The molecule has 1 N–H and O–H groups in total. The van der Waals surface area contributed by atoms with Gasteiger partial charge in [0.2, 0.25) is 0 Å². The molecule has 0 unspecified atom stereocenters. The van der Waals surface area contributed by atoms with Crippen molar-refractivity contribution in [2.45, 2.75) is 45.1 Å². The SMILES string of the molecule is CNc1cccc(OC2CC2)c1C(C)(C)C. The third kappa shape index (κ3) is 2.31. The Labute approximate surface area is 98.0 Å². The minimum Gasteiger partial charge on any atom is -0.490 e. The average molecular weight is 219 g/mol. The number of hydrogen-bond acceptors (Lipinski definition) is 2. The number of anilines is 1. The van der Waals surface area contributed by atoms with Crippen LogP contribution in [-0.2, 0) is 5.41 Å². The largest absolute Gasteiger partial charge is 0.490 e. The highest BCUT2D eigenvalue weighted by Crippen LogP contribution is 2.39. The molecular weight excluding hydrogens is 198 g/mol. The molecule has 2 nitrogen and oxygen atoms in total. The molecule has 1 aromatic carbocycles. The zero-order valence-corrected chi connectivity index (χ0v) is 10.6. The summed E-state index contributed by atoms with van der Waals surface area (Å²) in [6.07, 6.45) is 2.86.